The molecular formula is C21H19N5OS. The number of hydrogen-bond acceptors (Lipinski definition) is 5. The summed E-state index contributed by atoms with van der Waals surface area (Å²) in [7, 11) is 0. The highest BCUT2D eigenvalue weighted by atomic mass is 32.2. The van der Waals surface area contributed by atoms with Crippen LogP contribution in [0, 0.1) is 0 Å². The van der Waals surface area contributed by atoms with Gasteiger partial charge in [0, 0.05) is 11.1 Å². The molecule has 6 nitrogen and oxygen atoms in total. The Morgan fingerprint density at radius 1 is 1.04 bits per heavy atom. The monoisotopic (exact) mass is 389 g/mol. The van der Waals surface area contributed by atoms with Crippen LogP contribution in [0.1, 0.15) is 13.3 Å². The van der Waals surface area contributed by atoms with E-state index in [4.69, 9.17) is 0 Å². The fourth-order valence-electron chi connectivity index (χ4n) is 2.98. The van der Waals surface area contributed by atoms with E-state index in [0.717, 1.165) is 22.1 Å². The number of benzene rings is 3. The molecule has 0 radical (unpaired) electrons. The SMILES string of the molecule is CC[C@@H](Sc1nnnn1-c1ccccc1)C(=O)Nc1cccc2ccccc12. The molecule has 0 aliphatic heterocycles. The first-order chi connectivity index (χ1) is 13.8. The number of fused-ring (bicyclic) bond motifs is 1. The number of anilines is 1. The summed E-state index contributed by atoms with van der Waals surface area (Å²) in [5.74, 6) is -0.0635. The minimum atomic E-state index is -0.313. The molecule has 0 unspecified atom stereocenters. The standard InChI is InChI=1S/C21H19N5OS/c1-2-19(28-21-23-24-25-26(21)16-11-4-3-5-12-16)20(27)22-18-14-8-10-15-9-6-7-13-17(15)18/h3-14,19H,2H2,1H3,(H,22,27)/t19-/m1/s1. The van der Waals surface area contributed by atoms with Gasteiger partial charge in [-0.2, -0.15) is 4.68 Å². The molecule has 0 saturated carbocycles. The van der Waals surface area contributed by atoms with E-state index < -0.39 is 0 Å². The number of rotatable bonds is 6. The van der Waals surface area contributed by atoms with Gasteiger partial charge in [0.1, 0.15) is 0 Å². The summed E-state index contributed by atoms with van der Waals surface area (Å²) in [6.45, 7) is 1.98. The van der Waals surface area contributed by atoms with Crippen LogP contribution in [0.2, 0.25) is 0 Å². The Labute approximate surface area is 167 Å². The fourth-order valence-corrected chi connectivity index (χ4v) is 3.89. The van der Waals surface area contributed by atoms with Gasteiger partial charge >= 0.3 is 0 Å². The van der Waals surface area contributed by atoms with Gasteiger partial charge in [-0.05, 0) is 40.4 Å². The zero-order valence-electron chi connectivity index (χ0n) is 15.3. The van der Waals surface area contributed by atoms with Crippen molar-refractivity contribution >= 4 is 34.1 Å². The van der Waals surface area contributed by atoms with Crippen molar-refractivity contribution in [3.05, 3.63) is 72.8 Å². The Kier molecular flexibility index (Phi) is 5.34. The number of aromatic nitrogens is 4. The minimum Gasteiger partial charge on any atom is -0.325 e. The van der Waals surface area contributed by atoms with E-state index in [9.17, 15) is 4.79 Å². The molecule has 1 heterocycles. The van der Waals surface area contributed by atoms with Crippen LogP contribution in [-0.2, 0) is 4.79 Å². The molecule has 1 amide bonds. The molecule has 7 heteroatoms. The summed E-state index contributed by atoms with van der Waals surface area (Å²) in [6, 6.07) is 23.5. The first kappa shape index (κ1) is 18.2. The van der Waals surface area contributed by atoms with Crippen molar-refractivity contribution in [1.82, 2.24) is 20.2 Å². The molecule has 3 aromatic carbocycles. The van der Waals surface area contributed by atoms with E-state index >= 15 is 0 Å². The maximum absolute atomic E-state index is 13.0. The number of tetrazole rings is 1. The molecule has 0 saturated heterocycles. The van der Waals surface area contributed by atoms with Gasteiger partial charge in [0.05, 0.1) is 10.9 Å². The van der Waals surface area contributed by atoms with Gasteiger partial charge in [-0.25, -0.2) is 0 Å². The molecule has 0 fully saturated rings. The molecule has 0 bridgehead atoms. The van der Waals surface area contributed by atoms with Crippen molar-refractivity contribution in [3.8, 4) is 5.69 Å². The van der Waals surface area contributed by atoms with E-state index in [1.54, 1.807) is 4.68 Å². The minimum absolute atomic E-state index is 0.0635. The molecular weight excluding hydrogens is 370 g/mol. The number of thioether (sulfide) groups is 1. The maximum Gasteiger partial charge on any atom is 0.237 e. The topological polar surface area (TPSA) is 72.7 Å². The van der Waals surface area contributed by atoms with E-state index in [-0.39, 0.29) is 11.2 Å². The highest BCUT2D eigenvalue weighted by molar-refractivity contribution is 8.00. The lowest BCUT2D eigenvalue weighted by atomic mass is 10.1. The van der Waals surface area contributed by atoms with Crippen LogP contribution in [0.4, 0.5) is 5.69 Å². The van der Waals surface area contributed by atoms with E-state index in [1.807, 2.05) is 79.7 Å². The molecule has 4 aromatic rings. The number of nitrogens with zero attached hydrogens (tertiary/aromatic N) is 4. The molecule has 0 spiro atoms. The number of carbonyl (C=O) groups excluding carboxylic acids is 1. The zero-order chi connectivity index (χ0) is 19.3. The van der Waals surface area contributed by atoms with Gasteiger partial charge in [0.25, 0.3) is 0 Å². The maximum atomic E-state index is 13.0. The largest absolute Gasteiger partial charge is 0.325 e. The Morgan fingerprint density at radius 3 is 2.61 bits per heavy atom. The van der Waals surface area contributed by atoms with Gasteiger partial charge in [-0.3, -0.25) is 4.79 Å². The molecule has 1 aromatic heterocycles. The van der Waals surface area contributed by atoms with Gasteiger partial charge in [0.2, 0.25) is 11.1 Å². The van der Waals surface area contributed by atoms with Crippen molar-refractivity contribution in [2.75, 3.05) is 5.32 Å². The Hall–Kier alpha value is -3.19. The molecule has 0 aliphatic carbocycles. The van der Waals surface area contributed by atoms with Crippen LogP contribution in [0.5, 0.6) is 0 Å². The number of hydrogen-bond donors (Lipinski definition) is 1. The number of para-hydroxylation sites is 1. The van der Waals surface area contributed by atoms with E-state index in [2.05, 4.69) is 20.8 Å². The molecule has 140 valence electrons. The first-order valence-corrected chi connectivity index (χ1v) is 9.93. The summed E-state index contributed by atoms with van der Waals surface area (Å²) in [4.78, 5) is 13.0. The first-order valence-electron chi connectivity index (χ1n) is 9.05. The predicted molar refractivity (Wildman–Crippen MR) is 112 cm³/mol. The highest BCUT2D eigenvalue weighted by Crippen LogP contribution is 2.28. The number of carbonyl (C=O) groups is 1. The van der Waals surface area contributed by atoms with Gasteiger partial charge < -0.3 is 5.32 Å². The van der Waals surface area contributed by atoms with Crippen molar-refractivity contribution in [2.45, 2.75) is 23.8 Å². The second-order valence-electron chi connectivity index (χ2n) is 6.24. The summed E-state index contributed by atoms with van der Waals surface area (Å²) in [6.07, 6.45) is 0.656. The van der Waals surface area contributed by atoms with E-state index in [1.165, 1.54) is 11.8 Å². The third-order valence-corrected chi connectivity index (χ3v) is 5.70. The molecule has 4 rings (SSSR count). The summed E-state index contributed by atoms with van der Waals surface area (Å²) < 4.78 is 1.65. The average Bonchev–Trinajstić information content (AvgIpc) is 3.21. The lowest BCUT2D eigenvalue weighted by molar-refractivity contribution is -0.115. The van der Waals surface area contributed by atoms with Crippen molar-refractivity contribution in [2.24, 2.45) is 0 Å². The third-order valence-electron chi connectivity index (χ3n) is 4.40. The zero-order valence-corrected chi connectivity index (χ0v) is 16.1. The van der Waals surface area contributed by atoms with Crippen molar-refractivity contribution in [3.63, 3.8) is 0 Å². The van der Waals surface area contributed by atoms with Crippen LogP contribution < -0.4 is 5.32 Å². The summed E-state index contributed by atoms with van der Waals surface area (Å²) >= 11 is 1.36. The summed E-state index contributed by atoms with van der Waals surface area (Å²) in [5.41, 5.74) is 1.67. The summed E-state index contributed by atoms with van der Waals surface area (Å²) in [5, 5.41) is 17.4. The van der Waals surface area contributed by atoms with Crippen LogP contribution in [0.3, 0.4) is 0 Å². The average molecular weight is 389 g/mol. The smallest absolute Gasteiger partial charge is 0.237 e. The Bertz CT molecular complexity index is 1090. The van der Waals surface area contributed by atoms with Crippen molar-refractivity contribution < 1.29 is 4.79 Å². The van der Waals surface area contributed by atoms with Gasteiger partial charge in [-0.15, -0.1) is 5.10 Å². The molecule has 28 heavy (non-hydrogen) atoms. The van der Waals surface area contributed by atoms with Crippen LogP contribution in [-0.4, -0.2) is 31.4 Å². The third kappa shape index (κ3) is 3.75. The van der Waals surface area contributed by atoms with E-state index in [0.29, 0.717) is 11.6 Å². The highest BCUT2D eigenvalue weighted by Gasteiger charge is 2.22. The Morgan fingerprint density at radius 2 is 1.79 bits per heavy atom. The number of amides is 1. The molecule has 0 aliphatic rings. The fraction of sp³-hybridized carbons (Fsp3) is 0.143. The molecule has 1 N–H and O–H groups in total. The van der Waals surface area contributed by atoms with Gasteiger partial charge in [0.15, 0.2) is 0 Å². The molecule has 1 atom stereocenters. The quantitative estimate of drug-likeness (QED) is 0.497. The van der Waals surface area contributed by atoms with Crippen LogP contribution in [0.15, 0.2) is 78.0 Å². The normalized spacial score (nSPS) is 12.0. The lowest BCUT2D eigenvalue weighted by Gasteiger charge is -2.15. The van der Waals surface area contributed by atoms with Crippen LogP contribution in [0.25, 0.3) is 16.5 Å². The predicted octanol–water partition coefficient (Wildman–Crippen LogP) is 4.32. The number of nitrogens with one attached hydrogen (secondary N) is 1. The van der Waals surface area contributed by atoms with Crippen LogP contribution >= 0.6 is 11.8 Å². The van der Waals surface area contributed by atoms with Gasteiger partial charge in [-0.1, -0.05) is 73.3 Å². The second kappa shape index (κ2) is 8.22. The van der Waals surface area contributed by atoms with Crippen molar-refractivity contribution in [1.29, 1.82) is 0 Å². The lowest BCUT2D eigenvalue weighted by Crippen LogP contribution is -2.25. The second-order valence-corrected chi connectivity index (χ2v) is 7.41. The Balaban J connectivity index is 1.55.